The minimum atomic E-state index is -0.450. The quantitative estimate of drug-likeness (QED) is 0.659. The largest absolute Gasteiger partial charge is 0.462 e. The van der Waals surface area contributed by atoms with Gasteiger partial charge in [-0.15, -0.1) is 0 Å². The van der Waals surface area contributed by atoms with Gasteiger partial charge < -0.3 is 15.2 Å². The Kier molecular flexibility index (Phi) is 4.85. The summed E-state index contributed by atoms with van der Waals surface area (Å²) in [5, 5.41) is 0. The SMILES string of the molecule is CCOC(=O)c1cccc(N)c1Oc1ccc(Br)c(C)c1. The van der Waals surface area contributed by atoms with E-state index in [-0.39, 0.29) is 0 Å². The standard InChI is InChI=1S/C16H16BrNO3/c1-3-20-16(19)12-5-4-6-14(18)15(12)21-11-7-8-13(17)10(2)9-11/h4-9H,3,18H2,1-2H3. The molecule has 2 rings (SSSR count). The molecular weight excluding hydrogens is 334 g/mol. The first kappa shape index (κ1) is 15.4. The molecule has 0 aliphatic heterocycles. The van der Waals surface area contributed by atoms with Crippen LogP contribution >= 0.6 is 15.9 Å². The molecule has 110 valence electrons. The van der Waals surface area contributed by atoms with Gasteiger partial charge in [0.25, 0.3) is 0 Å². The zero-order valence-electron chi connectivity index (χ0n) is 11.9. The molecule has 2 aromatic carbocycles. The smallest absolute Gasteiger partial charge is 0.342 e. The van der Waals surface area contributed by atoms with Crippen molar-refractivity contribution < 1.29 is 14.3 Å². The third-order valence-electron chi connectivity index (χ3n) is 2.89. The summed E-state index contributed by atoms with van der Waals surface area (Å²) < 4.78 is 11.8. The van der Waals surface area contributed by atoms with Crippen molar-refractivity contribution in [2.75, 3.05) is 12.3 Å². The topological polar surface area (TPSA) is 61.5 Å². The minimum Gasteiger partial charge on any atom is -0.462 e. The molecule has 0 aliphatic rings. The Bertz CT molecular complexity index is 671. The van der Waals surface area contributed by atoms with E-state index in [0.717, 1.165) is 10.0 Å². The van der Waals surface area contributed by atoms with Crippen molar-refractivity contribution in [3.63, 3.8) is 0 Å². The molecule has 5 heteroatoms. The van der Waals surface area contributed by atoms with Crippen LogP contribution in [0.2, 0.25) is 0 Å². The third kappa shape index (κ3) is 3.55. The van der Waals surface area contributed by atoms with Crippen LogP contribution in [0, 0.1) is 6.92 Å². The van der Waals surface area contributed by atoms with Crippen molar-refractivity contribution in [3.8, 4) is 11.5 Å². The van der Waals surface area contributed by atoms with Crippen LogP contribution in [-0.4, -0.2) is 12.6 Å². The molecule has 0 bridgehead atoms. The van der Waals surface area contributed by atoms with Crippen LogP contribution in [0.3, 0.4) is 0 Å². The molecule has 0 fully saturated rings. The first-order valence-corrected chi connectivity index (χ1v) is 7.31. The summed E-state index contributed by atoms with van der Waals surface area (Å²) in [6, 6.07) is 10.6. The van der Waals surface area contributed by atoms with Gasteiger partial charge in [0.05, 0.1) is 12.3 Å². The van der Waals surface area contributed by atoms with Crippen molar-refractivity contribution >= 4 is 27.6 Å². The molecule has 0 spiro atoms. The highest BCUT2D eigenvalue weighted by Gasteiger charge is 2.17. The summed E-state index contributed by atoms with van der Waals surface area (Å²) in [7, 11) is 0. The third-order valence-corrected chi connectivity index (χ3v) is 3.78. The predicted octanol–water partition coefficient (Wildman–Crippen LogP) is 4.31. The van der Waals surface area contributed by atoms with Crippen molar-refractivity contribution in [2.45, 2.75) is 13.8 Å². The van der Waals surface area contributed by atoms with Crippen molar-refractivity contribution in [1.82, 2.24) is 0 Å². The van der Waals surface area contributed by atoms with Gasteiger partial charge in [0.2, 0.25) is 0 Å². The lowest BCUT2D eigenvalue weighted by Crippen LogP contribution is -2.08. The van der Waals surface area contributed by atoms with Crippen molar-refractivity contribution in [2.24, 2.45) is 0 Å². The molecule has 0 saturated carbocycles. The summed E-state index contributed by atoms with van der Waals surface area (Å²) in [6.07, 6.45) is 0. The maximum atomic E-state index is 12.0. The first-order chi connectivity index (χ1) is 10.0. The molecule has 4 nitrogen and oxygen atoms in total. The lowest BCUT2D eigenvalue weighted by Gasteiger charge is -2.13. The maximum absolute atomic E-state index is 12.0. The number of aryl methyl sites for hydroxylation is 1. The number of ether oxygens (including phenoxy) is 2. The Morgan fingerprint density at radius 2 is 2.05 bits per heavy atom. The number of halogens is 1. The zero-order valence-corrected chi connectivity index (χ0v) is 13.4. The number of anilines is 1. The highest BCUT2D eigenvalue weighted by molar-refractivity contribution is 9.10. The van der Waals surface area contributed by atoms with Gasteiger partial charge >= 0.3 is 5.97 Å². The van der Waals surface area contributed by atoms with E-state index in [1.54, 1.807) is 31.2 Å². The second-order valence-corrected chi connectivity index (χ2v) is 5.31. The van der Waals surface area contributed by atoms with Gasteiger partial charge in [-0.25, -0.2) is 4.79 Å². The molecule has 0 radical (unpaired) electrons. The van der Waals surface area contributed by atoms with E-state index in [1.165, 1.54) is 0 Å². The van der Waals surface area contributed by atoms with Gasteiger partial charge in [0, 0.05) is 4.47 Å². The average Bonchev–Trinajstić information content (AvgIpc) is 2.45. The number of esters is 1. The van der Waals surface area contributed by atoms with Gasteiger partial charge in [0.15, 0.2) is 5.75 Å². The maximum Gasteiger partial charge on any atom is 0.342 e. The van der Waals surface area contributed by atoms with Crippen LogP contribution in [0.25, 0.3) is 0 Å². The molecule has 0 heterocycles. The zero-order chi connectivity index (χ0) is 15.4. The highest BCUT2D eigenvalue weighted by atomic mass is 79.9. The highest BCUT2D eigenvalue weighted by Crippen LogP contribution is 2.33. The average molecular weight is 350 g/mol. The normalized spacial score (nSPS) is 10.2. The van der Waals surface area contributed by atoms with Gasteiger partial charge in [-0.1, -0.05) is 22.0 Å². The van der Waals surface area contributed by atoms with E-state index < -0.39 is 5.97 Å². The van der Waals surface area contributed by atoms with E-state index in [1.807, 2.05) is 19.1 Å². The first-order valence-electron chi connectivity index (χ1n) is 6.52. The van der Waals surface area contributed by atoms with E-state index in [0.29, 0.717) is 29.4 Å². The van der Waals surface area contributed by atoms with Crippen LogP contribution < -0.4 is 10.5 Å². The van der Waals surface area contributed by atoms with E-state index >= 15 is 0 Å². The van der Waals surface area contributed by atoms with Gasteiger partial charge in [-0.05, 0) is 49.7 Å². The van der Waals surface area contributed by atoms with Crippen molar-refractivity contribution in [3.05, 3.63) is 52.0 Å². The van der Waals surface area contributed by atoms with Crippen LogP contribution in [-0.2, 0) is 4.74 Å². The molecule has 2 N–H and O–H groups in total. The van der Waals surface area contributed by atoms with E-state index in [4.69, 9.17) is 15.2 Å². The Morgan fingerprint density at radius 3 is 2.71 bits per heavy atom. The van der Waals surface area contributed by atoms with Crippen molar-refractivity contribution in [1.29, 1.82) is 0 Å². The Labute approximate surface area is 132 Å². The van der Waals surface area contributed by atoms with Gasteiger partial charge in [-0.3, -0.25) is 0 Å². The number of nitrogens with two attached hydrogens (primary N) is 1. The minimum absolute atomic E-state index is 0.296. The number of benzene rings is 2. The van der Waals surface area contributed by atoms with Gasteiger partial charge in [-0.2, -0.15) is 0 Å². The summed E-state index contributed by atoms with van der Waals surface area (Å²) in [4.78, 5) is 12.0. The second-order valence-electron chi connectivity index (χ2n) is 4.46. The van der Waals surface area contributed by atoms with Crippen LogP contribution in [0.5, 0.6) is 11.5 Å². The molecule has 21 heavy (non-hydrogen) atoms. The molecule has 0 saturated heterocycles. The lowest BCUT2D eigenvalue weighted by atomic mass is 10.1. The number of hydrogen-bond acceptors (Lipinski definition) is 4. The monoisotopic (exact) mass is 349 g/mol. The molecular formula is C16H16BrNO3. The fourth-order valence-electron chi connectivity index (χ4n) is 1.84. The number of para-hydroxylation sites is 1. The Morgan fingerprint density at radius 1 is 1.29 bits per heavy atom. The van der Waals surface area contributed by atoms with E-state index in [2.05, 4.69) is 15.9 Å². The Balaban J connectivity index is 2.38. The Hall–Kier alpha value is -2.01. The number of carbonyl (C=O) groups excluding carboxylic acids is 1. The molecule has 0 unspecified atom stereocenters. The summed E-state index contributed by atoms with van der Waals surface area (Å²) in [5.74, 6) is 0.477. The molecule has 0 aliphatic carbocycles. The number of carbonyl (C=O) groups is 1. The molecule has 0 aromatic heterocycles. The second kappa shape index (κ2) is 6.63. The van der Waals surface area contributed by atoms with Gasteiger partial charge in [0.1, 0.15) is 11.3 Å². The molecule has 2 aromatic rings. The van der Waals surface area contributed by atoms with Crippen LogP contribution in [0.4, 0.5) is 5.69 Å². The number of hydrogen-bond donors (Lipinski definition) is 1. The van der Waals surface area contributed by atoms with Crippen LogP contribution in [0.1, 0.15) is 22.8 Å². The molecule has 0 atom stereocenters. The summed E-state index contributed by atoms with van der Waals surface area (Å²) in [6.45, 7) is 4.00. The number of rotatable bonds is 4. The van der Waals surface area contributed by atoms with E-state index in [9.17, 15) is 4.79 Å². The summed E-state index contributed by atoms with van der Waals surface area (Å²) >= 11 is 3.43. The lowest BCUT2D eigenvalue weighted by molar-refractivity contribution is 0.0523. The van der Waals surface area contributed by atoms with Crippen LogP contribution in [0.15, 0.2) is 40.9 Å². The predicted molar refractivity (Wildman–Crippen MR) is 85.8 cm³/mol. The fourth-order valence-corrected chi connectivity index (χ4v) is 2.08. The molecule has 0 amide bonds. The summed E-state index contributed by atoms with van der Waals surface area (Å²) in [5.41, 5.74) is 7.66. The fraction of sp³-hybridized carbons (Fsp3) is 0.188. The number of nitrogen functional groups attached to an aromatic ring is 1.